The van der Waals surface area contributed by atoms with Gasteiger partial charge < -0.3 is 20.1 Å². The van der Waals surface area contributed by atoms with Crippen LogP contribution in [-0.2, 0) is 19.1 Å². The molecule has 0 radical (unpaired) electrons. The number of rotatable bonds is 6. The highest BCUT2D eigenvalue weighted by atomic mass is 16.6. The Kier molecular flexibility index (Phi) is 6.10. The van der Waals surface area contributed by atoms with Crippen molar-refractivity contribution in [2.75, 3.05) is 19.8 Å². The molecule has 2 aliphatic rings. The molecule has 1 aromatic rings. The molecule has 3 rings (SSSR count). The lowest BCUT2D eigenvalue weighted by Crippen LogP contribution is -2.45. The van der Waals surface area contributed by atoms with Crippen molar-refractivity contribution >= 4 is 17.6 Å². The van der Waals surface area contributed by atoms with Gasteiger partial charge in [-0.1, -0.05) is 39.0 Å². The number of ketones is 1. The van der Waals surface area contributed by atoms with E-state index in [-0.39, 0.29) is 29.8 Å². The first kappa shape index (κ1) is 21.5. The van der Waals surface area contributed by atoms with E-state index in [1.54, 1.807) is 29.2 Å². The van der Waals surface area contributed by atoms with Crippen molar-refractivity contribution in [3.05, 3.63) is 35.4 Å². The van der Waals surface area contributed by atoms with Crippen LogP contribution in [0.25, 0.3) is 0 Å². The summed E-state index contributed by atoms with van der Waals surface area (Å²) in [5, 5.41) is 0. The van der Waals surface area contributed by atoms with Gasteiger partial charge in [-0.2, -0.15) is 0 Å². The highest BCUT2D eigenvalue weighted by Crippen LogP contribution is 2.38. The van der Waals surface area contributed by atoms with Crippen molar-refractivity contribution in [1.29, 1.82) is 0 Å². The second-order valence-corrected chi connectivity index (χ2v) is 8.94. The Morgan fingerprint density at radius 1 is 1.31 bits per heavy atom. The predicted molar refractivity (Wildman–Crippen MR) is 107 cm³/mol. The largest absolute Gasteiger partial charge is 0.374 e. The van der Waals surface area contributed by atoms with Crippen LogP contribution in [0.2, 0.25) is 0 Å². The molecule has 2 N–H and O–H groups in total. The van der Waals surface area contributed by atoms with Gasteiger partial charge in [0.15, 0.2) is 5.78 Å². The zero-order chi connectivity index (χ0) is 21.3. The highest BCUT2D eigenvalue weighted by Gasteiger charge is 2.53. The summed E-state index contributed by atoms with van der Waals surface area (Å²) in [7, 11) is 0. The van der Waals surface area contributed by atoms with E-state index in [2.05, 4.69) is 0 Å². The fourth-order valence-corrected chi connectivity index (χ4v) is 4.37. The van der Waals surface area contributed by atoms with Crippen LogP contribution in [0, 0.1) is 5.41 Å². The third-order valence-electron chi connectivity index (χ3n) is 5.52. The van der Waals surface area contributed by atoms with E-state index >= 15 is 0 Å². The third-order valence-corrected chi connectivity index (χ3v) is 5.52. The summed E-state index contributed by atoms with van der Waals surface area (Å²) in [6.45, 7) is 8.77. The van der Waals surface area contributed by atoms with E-state index in [1.807, 2.05) is 27.7 Å². The minimum absolute atomic E-state index is 0.00943. The minimum atomic E-state index is -0.637. The van der Waals surface area contributed by atoms with Gasteiger partial charge in [-0.05, 0) is 30.4 Å². The van der Waals surface area contributed by atoms with Crippen molar-refractivity contribution in [2.24, 2.45) is 11.1 Å². The second kappa shape index (κ2) is 8.24. The Labute approximate surface area is 171 Å². The molecular formula is C22H30N2O5. The van der Waals surface area contributed by atoms with Crippen molar-refractivity contribution in [3.8, 4) is 0 Å². The number of carbonyl (C=O) groups excluding carboxylic acids is 3. The Hall–Kier alpha value is -2.25. The second-order valence-electron chi connectivity index (χ2n) is 8.94. The Morgan fingerprint density at radius 3 is 2.62 bits per heavy atom. The van der Waals surface area contributed by atoms with E-state index in [1.165, 1.54) is 0 Å². The SMILES string of the molecule is CCO[C@H]1CN(C(=O)[C@@H](CC(C)(C)C)c2ccccc2C(N)=O)[C@@H]2C(=O)CO[C@H]12. The van der Waals surface area contributed by atoms with Crippen molar-refractivity contribution in [3.63, 3.8) is 0 Å². The topological polar surface area (TPSA) is 98.9 Å². The van der Waals surface area contributed by atoms with E-state index < -0.39 is 24.0 Å². The van der Waals surface area contributed by atoms with Gasteiger partial charge >= 0.3 is 0 Å². The van der Waals surface area contributed by atoms with Gasteiger partial charge in [0.05, 0.1) is 12.5 Å². The molecule has 2 heterocycles. The van der Waals surface area contributed by atoms with Crippen molar-refractivity contribution in [2.45, 2.75) is 58.3 Å². The van der Waals surface area contributed by atoms with Crippen LogP contribution >= 0.6 is 0 Å². The molecule has 1 aromatic carbocycles. The van der Waals surface area contributed by atoms with Gasteiger partial charge in [-0.3, -0.25) is 14.4 Å². The van der Waals surface area contributed by atoms with Gasteiger partial charge in [-0.15, -0.1) is 0 Å². The first-order valence-electron chi connectivity index (χ1n) is 10.1. The maximum absolute atomic E-state index is 13.7. The standard InChI is InChI=1S/C22H30N2O5/c1-5-28-17-11-24(18-16(25)12-29-19(17)18)21(27)15(10-22(2,3)4)13-8-6-7-9-14(13)20(23)26/h6-9,15,17-19H,5,10-12H2,1-4H3,(H2,23,26)/t15-,17-,18+,19+/m0/s1. The summed E-state index contributed by atoms with van der Waals surface area (Å²) in [4.78, 5) is 39.8. The lowest BCUT2D eigenvalue weighted by molar-refractivity contribution is -0.138. The van der Waals surface area contributed by atoms with Crippen LogP contribution in [0.4, 0.5) is 0 Å². The van der Waals surface area contributed by atoms with Crippen molar-refractivity contribution in [1.82, 2.24) is 4.90 Å². The molecule has 7 heteroatoms. The van der Waals surface area contributed by atoms with Crippen LogP contribution in [0.1, 0.15) is 56.0 Å². The molecule has 0 spiro atoms. The number of amides is 2. The van der Waals surface area contributed by atoms with Gasteiger partial charge in [0, 0.05) is 12.2 Å². The van der Waals surface area contributed by atoms with E-state index in [4.69, 9.17) is 15.2 Å². The molecule has 2 amide bonds. The number of ether oxygens (including phenoxy) is 2. The number of nitrogens with two attached hydrogens (primary N) is 1. The van der Waals surface area contributed by atoms with Crippen LogP contribution in [0.15, 0.2) is 24.3 Å². The molecule has 158 valence electrons. The maximum Gasteiger partial charge on any atom is 0.249 e. The molecule has 2 fully saturated rings. The average molecular weight is 402 g/mol. The maximum atomic E-state index is 13.7. The smallest absolute Gasteiger partial charge is 0.249 e. The van der Waals surface area contributed by atoms with Crippen LogP contribution in [0.5, 0.6) is 0 Å². The number of nitrogens with zero attached hydrogens (tertiary/aromatic N) is 1. The molecule has 7 nitrogen and oxygen atoms in total. The summed E-state index contributed by atoms with van der Waals surface area (Å²) in [5.74, 6) is -1.46. The lowest BCUT2D eigenvalue weighted by Gasteiger charge is -2.31. The normalized spacial score (nSPS) is 25.2. The first-order valence-corrected chi connectivity index (χ1v) is 10.1. The number of likely N-dealkylation sites (tertiary alicyclic amines) is 1. The fourth-order valence-electron chi connectivity index (χ4n) is 4.37. The zero-order valence-corrected chi connectivity index (χ0v) is 17.5. The minimum Gasteiger partial charge on any atom is -0.374 e. The molecule has 0 aromatic heterocycles. The van der Waals surface area contributed by atoms with E-state index in [0.717, 1.165) is 0 Å². The number of carbonyl (C=O) groups is 3. The van der Waals surface area contributed by atoms with Gasteiger partial charge in [-0.25, -0.2) is 0 Å². The van der Waals surface area contributed by atoms with E-state index in [9.17, 15) is 14.4 Å². The number of fused-ring (bicyclic) bond motifs is 1. The summed E-state index contributed by atoms with van der Waals surface area (Å²) in [6.07, 6.45) is -0.256. The lowest BCUT2D eigenvalue weighted by atomic mass is 9.79. The van der Waals surface area contributed by atoms with Crippen molar-refractivity contribution < 1.29 is 23.9 Å². The monoisotopic (exact) mass is 402 g/mol. The molecule has 0 saturated carbocycles. The van der Waals surface area contributed by atoms with Crippen LogP contribution < -0.4 is 5.73 Å². The van der Waals surface area contributed by atoms with Gasteiger partial charge in [0.2, 0.25) is 11.8 Å². The number of hydrogen-bond donors (Lipinski definition) is 1. The summed E-state index contributed by atoms with van der Waals surface area (Å²) < 4.78 is 11.4. The third kappa shape index (κ3) is 4.36. The molecule has 4 atom stereocenters. The molecule has 29 heavy (non-hydrogen) atoms. The predicted octanol–water partition coefficient (Wildman–Crippen LogP) is 1.89. The Bertz CT molecular complexity index is 801. The molecule has 0 bridgehead atoms. The Morgan fingerprint density at radius 2 is 2.00 bits per heavy atom. The number of primary amides is 1. The molecule has 2 saturated heterocycles. The molecular weight excluding hydrogens is 372 g/mol. The first-order chi connectivity index (χ1) is 13.6. The van der Waals surface area contributed by atoms with Gasteiger partial charge in [0.25, 0.3) is 0 Å². The van der Waals surface area contributed by atoms with Gasteiger partial charge in [0.1, 0.15) is 24.9 Å². The summed E-state index contributed by atoms with van der Waals surface area (Å²) >= 11 is 0. The number of hydrogen-bond acceptors (Lipinski definition) is 5. The highest BCUT2D eigenvalue weighted by molar-refractivity contribution is 5.98. The summed E-state index contributed by atoms with van der Waals surface area (Å²) in [6, 6.07) is 6.30. The average Bonchev–Trinajstić information content (AvgIpc) is 3.20. The fraction of sp³-hybridized carbons (Fsp3) is 0.591. The number of benzene rings is 1. The zero-order valence-electron chi connectivity index (χ0n) is 17.5. The van der Waals surface area contributed by atoms with Crippen LogP contribution in [-0.4, -0.2) is 60.5 Å². The molecule has 0 aliphatic carbocycles. The van der Waals surface area contributed by atoms with E-state index in [0.29, 0.717) is 30.7 Å². The quantitative estimate of drug-likeness (QED) is 0.783. The molecule has 0 unspecified atom stereocenters. The number of Topliss-reactive ketones (excluding diaryl/α,β-unsaturated/α-hetero) is 1. The Balaban J connectivity index is 1.99. The van der Waals surface area contributed by atoms with Crippen LogP contribution in [0.3, 0.4) is 0 Å². The summed E-state index contributed by atoms with van der Waals surface area (Å²) in [5.41, 5.74) is 6.33. The molecule has 2 aliphatic heterocycles.